The van der Waals surface area contributed by atoms with Crippen molar-refractivity contribution in [2.45, 2.75) is 13.0 Å². The van der Waals surface area contributed by atoms with Crippen LogP contribution < -0.4 is 21.3 Å². The lowest BCUT2D eigenvalue weighted by molar-refractivity contribution is -0.118. The van der Waals surface area contributed by atoms with Crippen molar-refractivity contribution in [2.75, 3.05) is 29.9 Å². The van der Waals surface area contributed by atoms with Gasteiger partial charge in [0.15, 0.2) is 0 Å². The fourth-order valence-electron chi connectivity index (χ4n) is 2.96. The largest absolute Gasteiger partial charge is 0.371 e. The van der Waals surface area contributed by atoms with Crippen molar-refractivity contribution in [2.24, 2.45) is 11.7 Å². The molecular weight excluding hydrogens is 320 g/mol. The summed E-state index contributed by atoms with van der Waals surface area (Å²) in [6.07, 6.45) is 4.10. The van der Waals surface area contributed by atoms with Crippen LogP contribution in [0.3, 0.4) is 0 Å². The number of nitrogens with one attached hydrogen (secondary N) is 2. The van der Waals surface area contributed by atoms with Crippen molar-refractivity contribution >= 4 is 23.3 Å². The Morgan fingerprint density at radius 2 is 2.08 bits per heavy atom. The highest BCUT2D eigenvalue weighted by atomic mass is 16.2. The number of rotatable bonds is 6. The maximum Gasteiger partial charge on any atom is 0.319 e. The highest BCUT2D eigenvalue weighted by Gasteiger charge is 2.23. The molecule has 1 saturated heterocycles. The summed E-state index contributed by atoms with van der Waals surface area (Å²) < 4.78 is 1.38. The third-order valence-electron chi connectivity index (χ3n) is 4.17. The average Bonchev–Trinajstić information content (AvgIpc) is 3.23. The number of benzene rings is 1. The van der Waals surface area contributed by atoms with E-state index in [-0.39, 0.29) is 12.6 Å². The van der Waals surface area contributed by atoms with Crippen molar-refractivity contribution in [3.8, 4) is 0 Å². The molecule has 1 atom stereocenters. The summed E-state index contributed by atoms with van der Waals surface area (Å²) in [5, 5.41) is 9.55. The molecule has 4 N–H and O–H groups in total. The van der Waals surface area contributed by atoms with Gasteiger partial charge in [-0.05, 0) is 24.5 Å². The van der Waals surface area contributed by atoms with Crippen molar-refractivity contribution < 1.29 is 9.59 Å². The zero-order valence-corrected chi connectivity index (χ0v) is 13.9. The Kier molecular flexibility index (Phi) is 5.17. The number of amides is 3. The van der Waals surface area contributed by atoms with Gasteiger partial charge in [0.1, 0.15) is 6.54 Å². The first-order valence-electron chi connectivity index (χ1n) is 8.26. The minimum atomic E-state index is -0.483. The van der Waals surface area contributed by atoms with Gasteiger partial charge in [-0.15, -0.1) is 0 Å². The molecule has 1 fully saturated rings. The molecule has 1 aromatic carbocycles. The van der Waals surface area contributed by atoms with Gasteiger partial charge in [0, 0.05) is 31.5 Å². The fraction of sp³-hybridized carbons (Fsp3) is 0.353. The summed E-state index contributed by atoms with van der Waals surface area (Å²) in [4.78, 5) is 25.2. The zero-order chi connectivity index (χ0) is 17.6. The van der Waals surface area contributed by atoms with E-state index in [9.17, 15) is 9.59 Å². The first-order valence-corrected chi connectivity index (χ1v) is 8.26. The second-order valence-electron chi connectivity index (χ2n) is 6.16. The van der Waals surface area contributed by atoms with Crippen molar-refractivity contribution in [1.29, 1.82) is 0 Å². The fourth-order valence-corrected chi connectivity index (χ4v) is 2.96. The number of nitrogens with two attached hydrogens (primary N) is 1. The normalized spacial score (nSPS) is 16.6. The zero-order valence-electron chi connectivity index (χ0n) is 13.9. The van der Waals surface area contributed by atoms with E-state index in [2.05, 4.69) is 32.8 Å². The number of urea groups is 1. The second kappa shape index (κ2) is 7.69. The maximum atomic E-state index is 12.0. The Morgan fingerprint density at radius 3 is 2.84 bits per heavy atom. The molecule has 2 heterocycles. The highest BCUT2D eigenvalue weighted by Crippen LogP contribution is 2.22. The number of aromatic nitrogens is 2. The monoisotopic (exact) mass is 342 g/mol. The predicted octanol–water partition coefficient (Wildman–Crippen LogP) is 1.02. The topological polar surface area (TPSA) is 105 Å². The third kappa shape index (κ3) is 4.72. The van der Waals surface area contributed by atoms with Crippen LogP contribution in [0.25, 0.3) is 0 Å². The molecule has 1 aliphatic heterocycles. The summed E-state index contributed by atoms with van der Waals surface area (Å²) in [7, 11) is 0. The molecule has 0 saturated carbocycles. The smallest absolute Gasteiger partial charge is 0.319 e. The standard InChI is InChI=1S/C17H22N6O2/c18-16(24)12-23-11-14(9-20-23)21-17(25)19-8-13-6-7-22(10-13)15-4-2-1-3-5-15/h1-5,9,11,13H,6-8,10,12H2,(H2,18,24)(H2,19,21,25)/t13-/m0/s1. The van der Waals surface area contributed by atoms with Crippen LogP contribution in [0.5, 0.6) is 0 Å². The Hall–Kier alpha value is -3.03. The Bertz CT molecular complexity index is 730. The van der Waals surface area contributed by atoms with E-state index >= 15 is 0 Å². The summed E-state index contributed by atoms with van der Waals surface area (Å²) in [6, 6.07) is 10.0. The van der Waals surface area contributed by atoms with Crippen molar-refractivity contribution in [3.63, 3.8) is 0 Å². The van der Waals surface area contributed by atoms with Gasteiger partial charge >= 0.3 is 6.03 Å². The Balaban J connectivity index is 1.42. The maximum absolute atomic E-state index is 12.0. The molecule has 3 rings (SSSR count). The predicted molar refractivity (Wildman–Crippen MR) is 95.2 cm³/mol. The molecule has 1 aromatic heterocycles. The summed E-state index contributed by atoms with van der Waals surface area (Å²) in [5.41, 5.74) is 6.85. The first-order chi connectivity index (χ1) is 12.1. The van der Waals surface area contributed by atoms with Crippen LogP contribution in [0.15, 0.2) is 42.7 Å². The van der Waals surface area contributed by atoms with Crippen LogP contribution in [0.2, 0.25) is 0 Å². The van der Waals surface area contributed by atoms with Gasteiger partial charge in [0.25, 0.3) is 0 Å². The molecule has 0 aliphatic carbocycles. The molecule has 0 unspecified atom stereocenters. The van der Waals surface area contributed by atoms with Gasteiger partial charge in [0.05, 0.1) is 11.9 Å². The minimum Gasteiger partial charge on any atom is -0.371 e. The molecule has 8 nitrogen and oxygen atoms in total. The van der Waals surface area contributed by atoms with E-state index < -0.39 is 5.91 Å². The van der Waals surface area contributed by atoms with E-state index in [0.29, 0.717) is 18.2 Å². The number of hydrogen-bond donors (Lipinski definition) is 3. The van der Waals surface area contributed by atoms with Crippen LogP contribution in [-0.2, 0) is 11.3 Å². The molecule has 0 spiro atoms. The van der Waals surface area contributed by atoms with Gasteiger partial charge < -0.3 is 21.3 Å². The van der Waals surface area contributed by atoms with E-state index in [0.717, 1.165) is 19.5 Å². The molecule has 1 aliphatic rings. The SMILES string of the molecule is NC(=O)Cn1cc(NC(=O)NC[C@@H]2CCN(c3ccccc3)C2)cn1. The van der Waals surface area contributed by atoms with Crippen LogP contribution in [0.1, 0.15) is 6.42 Å². The molecule has 0 radical (unpaired) electrons. The van der Waals surface area contributed by atoms with Gasteiger partial charge in [-0.2, -0.15) is 5.10 Å². The third-order valence-corrected chi connectivity index (χ3v) is 4.17. The Morgan fingerprint density at radius 1 is 1.28 bits per heavy atom. The number of primary amides is 1. The van der Waals surface area contributed by atoms with Gasteiger partial charge in [-0.3, -0.25) is 9.48 Å². The molecule has 0 bridgehead atoms. The summed E-state index contributed by atoms with van der Waals surface area (Å²) in [6.45, 7) is 2.53. The van der Waals surface area contributed by atoms with E-state index in [4.69, 9.17) is 5.73 Å². The lowest BCUT2D eigenvalue weighted by Crippen LogP contribution is -2.34. The molecule has 25 heavy (non-hydrogen) atoms. The Labute approximate surface area is 146 Å². The number of nitrogens with zero attached hydrogens (tertiary/aromatic N) is 3. The van der Waals surface area contributed by atoms with Crippen LogP contribution in [-0.4, -0.2) is 41.4 Å². The van der Waals surface area contributed by atoms with Crippen LogP contribution in [0, 0.1) is 5.92 Å². The average molecular weight is 342 g/mol. The van der Waals surface area contributed by atoms with Gasteiger partial charge in [-0.1, -0.05) is 18.2 Å². The van der Waals surface area contributed by atoms with E-state index in [1.54, 1.807) is 6.20 Å². The van der Waals surface area contributed by atoms with Crippen molar-refractivity contribution in [3.05, 3.63) is 42.7 Å². The van der Waals surface area contributed by atoms with Gasteiger partial charge in [0.2, 0.25) is 5.91 Å². The summed E-state index contributed by atoms with van der Waals surface area (Å²) >= 11 is 0. The number of para-hydroxylation sites is 1. The highest BCUT2D eigenvalue weighted by molar-refractivity contribution is 5.88. The first kappa shape index (κ1) is 16.8. The molecule has 3 amide bonds. The minimum absolute atomic E-state index is 0.0132. The second-order valence-corrected chi connectivity index (χ2v) is 6.16. The number of carbonyl (C=O) groups is 2. The molecule has 2 aromatic rings. The molecule has 132 valence electrons. The van der Waals surface area contributed by atoms with Crippen LogP contribution in [0.4, 0.5) is 16.2 Å². The summed E-state index contributed by atoms with van der Waals surface area (Å²) in [5.74, 6) is -0.0631. The number of anilines is 2. The molecular formula is C17H22N6O2. The quantitative estimate of drug-likeness (QED) is 0.729. The lowest BCUT2D eigenvalue weighted by atomic mass is 10.1. The molecule has 8 heteroatoms. The van der Waals surface area contributed by atoms with Gasteiger partial charge in [-0.25, -0.2) is 4.79 Å². The number of carbonyl (C=O) groups excluding carboxylic acids is 2. The van der Waals surface area contributed by atoms with Crippen LogP contribution >= 0.6 is 0 Å². The van der Waals surface area contributed by atoms with E-state index in [1.165, 1.54) is 16.6 Å². The van der Waals surface area contributed by atoms with Crippen molar-refractivity contribution in [1.82, 2.24) is 15.1 Å². The lowest BCUT2D eigenvalue weighted by Gasteiger charge is -2.18. The number of hydrogen-bond acceptors (Lipinski definition) is 4. The van der Waals surface area contributed by atoms with E-state index in [1.807, 2.05) is 18.2 Å².